The van der Waals surface area contributed by atoms with Crippen LogP contribution in [0.25, 0.3) is 33.4 Å². The van der Waals surface area contributed by atoms with Gasteiger partial charge in [0, 0.05) is 43.5 Å². The maximum atomic E-state index is 15.7. The van der Waals surface area contributed by atoms with E-state index >= 15 is 4.39 Å². The molecule has 2 saturated heterocycles. The Morgan fingerprint density at radius 1 is 1.07 bits per heavy atom. The predicted octanol–water partition coefficient (Wildman–Crippen LogP) is 5.67. The van der Waals surface area contributed by atoms with Crippen LogP contribution in [-0.2, 0) is 30.7 Å². The molecule has 2 aliphatic rings. The molecule has 1 N–H and O–H groups in total. The van der Waals surface area contributed by atoms with Gasteiger partial charge in [0.15, 0.2) is 17.8 Å². The number of aromatic nitrogens is 2. The van der Waals surface area contributed by atoms with Crippen molar-refractivity contribution in [2.75, 3.05) is 26.1 Å². The number of fused-ring (bicyclic) bond motifs is 2. The highest BCUT2D eigenvalue weighted by Crippen LogP contribution is 2.35. The summed E-state index contributed by atoms with van der Waals surface area (Å²) in [5.74, 6) is -0.0215. The van der Waals surface area contributed by atoms with Gasteiger partial charge in [-0.3, -0.25) is 4.57 Å². The first-order valence-electron chi connectivity index (χ1n) is 15.1. The van der Waals surface area contributed by atoms with Crippen LogP contribution in [0.3, 0.4) is 0 Å². The molecule has 2 aliphatic heterocycles. The standard InChI is InChI=1S/C33H37FN4O6SSi/c1-45(40,36-19-35)24-11-9-22(10-12-24)21-5-7-23(8-6-21)31-25(34)15-27-26(37-31)16-30(38(27)20-41-13-14-46(2,3)4)44-29-18-43-32-28(39)17-42-33(29)32/h5-12,15-16,28-29,32-33,39H,13-14,17-18,20H2,1-4H3/t28-,29-,32-,33-,45?/m1/s1. The molecule has 13 heteroatoms. The molecule has 5 atom stereocenters. The summed E-state index contributed by atoms with van der Waals surface area (Å²) in [5, 5.41) is 19.0. The van der Waals surface area contributed by atoms with Crippen LogP contribution in [-0.4, -0.2) is 77.4 Å². The van der Waals surface area contributed by atoms with E-state index in [1.807, 2.05) is 24.3 Å². The van der Waals surface area contributed by atoms with E-state index in [-0.39, 0.29) is 25.6 Å². The number of hydrogen-bond acceptors (Lipinski definition) is 9. The van der Waals surface area contributed by atoms with Crippen molar-refractivity contribution in [1.29, 1.82) is 5.26 Å². The van der Waals surface area contributed by atoms with E-state index in [1.54, 1.807) is 41.1 Å². The van der Waals surface area contributed by atoms with E-state index in [1.165, 1.54) is 12.3 Å². The number of hydrogen-bond donors (Lipinski definition) is 1. The van der Waals surface area contributed by atoms with Gasteiger partial charge in [0.1, 0.15) is 30.7 Å². The number of nitrogens with zero attached hydrogens (tertiary/aromatic N) is 4. The summed E-state index contributed by atoms with van der Waals surface area (Å²) >= 11 is 0. The van der Waals surface area contributed by atoms with Gasteiger partial charge < -0.3 is 24.1 Å². The van der Waals surface area contributed by atoms with E-state index < -0.39 is 48.0 Å². The third kappa shape index (κ3) is 6.73. The van der Waals surface area contributed by atoms with Crippen LogP contribution < -0.4 is 4.74 Å². The summed E-state index contributed by atoms with van der Waals surface area (Å²) in [6.45, 7) is 8.05. The Labute approximate surface area is 268 Å². The van der Waals surface area contributed by atoms with E-state index in [4.69, 9.17) is 29.2 Å². The Hall–Kier alpha value is -3.64. The van der Waals surface area contributed by atoms with Gasteiger partial charge in [-0.2, -0.15) is 5.26 Å². The second kappa shape index (κ2) is 12.9. The van der Waals surface area contributed by atoms with Crippen molar-refractivity contribution in [3.05, 3.63) is 66.5 Å². The fourth-order valence-corrected chi connectivity index (χ4v) is 7.31. The van der Waals surface area contributed by atoms with Gasteiger partial charge in [0.2, 0.25) is 6.19 Å². The van der Waals surface area contributed by atoms with Crippen LogP contribution in [0.2, 0.25) is 25.7 Å². The Morgan fingerprint density at radius 3 is 2.39 bits per heavy atom. The van der Waals surface area contributed by atoms with Crippen molar-refractivity contribution in [2.24, 2.45) is 4.36 Å². The number of ether oxygens (including phenoxy) is 4. The summed E-state index contributed by atoms with van der Waals surface area (Å²) in [7, 11) is -4.09. The molecule has 0 bridgehead atoms. The Bertz CT molecular complexity index is 1890. The quantitative estimate of drug-likeness (QED) is 0.131. The van der Waals surface area contributed by atoms with Gasteiger partial charge in [-0.15, -0.1) is 4.36 Å². The second-order valence-electron chi connectivity index (χ2n) is 12.9. The topological polar surface area (TPSA) is 128 Å². The highest BCUT2D eigenvalue weighted by Gasteiger charge is 2.48. The Balaban J connectivity index is 1.28. The average Bonchev–Trinajstić information content (AvgIpc) is 3.69. The van der Waals surface area contributed by atoms with Crippen molar-refractivity contribution in [3.8, 4) is 34.5 Å². The van der Waals surface area contributed by atoms with E-state index in [0.717, 1.165) is 17.2 Å². The SMILES string of the molecule is C[Si](C)(C)CCOCn1c(O[C@@H]2CO[C@H]3[C@@H]2OC[C@H]3O)cc2nc(-c3ccc(-c4ccc(S(C)(=O)=NC#N)cc4)cc3)c(F)cc21. The molecule has 1 unspecified atom stereocenters. The van der Waals surface area contributed by atoms with Gasteiger partial charge in [-0.05, 0) is 29.3 Å². The fourth-order valence-electron chi connectivity index (χ4n) is 5.65. The minimum absolute atomic E-state index is 0.167. The van der Waals surface area contributed by atoms with Crippen LogP contribution in [0, 0.1) is 17.3 Å². The molecule has 4 heterocycles. The third-order valence-corrected chi connectivity index (χ3v) is 11.6. The first-order chi connectivity index (χ1) is 21.9. The summed E-state index contributed by atoms with van der Waals surface area (Å²) in [6, 6.07) is 18.6. The monoisotopic (exact) mass is 664 g/mol. The molecule has 2 fully saturated rings. The minimum Gasteiger partial charge on any atom is -0.470 e. The van der Waals surface area contributed by atoms with Gasteiger partial charge in [-0.25, -0.2) is 13.6 Å². The van der Waals surface area contributed by atoms with Gasteiger partial charge in [0.25, 0.3) is 0 Å². The number of rotatable bonds is 10. The van der Waals surface area contributed by atoms with E-state index in [2.05, 4.69) is 24.0 Å². The molecule has 0 radical (unpaired) electrons. The molecule has 242 valence electrons. The molecule has 0 aliphatic carbocycles. The zero-order valence-electron chi connectivity index (χ0n) is 26.2. The summed E-state index contributed by atoms with van der Waals surface area (Å²) in [6.07, 6.45) is 1.07. The number of nitriles is 1. The van der Waals surface area contributed by atoms with Crippen molar-refractivity contribution < 1.29 is 32.7 Å². The average molecular weight is 665 g/mol. The lowest BCUT2D eigenvalue weighted by atomic mass is 10.0. The molecule has 0 spiro atoms. The summed E-state index contributed by atoms with van der Waals surface area (Å²) < 4.78 is 57.5. The molecule has 46 heavy (non-hydrogen) atoms. The van der Waals surface area contributed by atoms with Gasteiger partial charge in [0.05, 0.1) is 34.0 Å². The number of benzene rings is 2. The molecule has 2 aromatic heterocycles. The zero-order valence-corrected chi connectivity index (χ0v) is 28.0. The summed E-state index contributed by atoms with van der Waals surface area (Å²) in [5.41, 5.74) is 3.65. The van der Waals surface area contributed by atoms with Gasteiger partial charge in [-0.1, -0.05) is 56.0 Å². The maximum absolute atomic E-state index is 15.7. The number of aliphatic hydroxyl groups excluding tert-OH is 1. The Kier molecular flexibility index (Phi) is 9.03. The lowest BCUT2D eigenvalue weighted by Gasteiger charge is -2.20. The smallest absolute Gasteiger partial charge is 0.214 e. The zero-order chi connectivity index (χ0) is 32.6. The van der Waals surface area contributed by atoms with Crippen molar-refractivity contribution >= 4 is 28.8 Å². The molecule has 0 saturated carbocycles. The van der Waals surface area contributed by atoms with Crippen molar-refractivity contribution in [2.45, 2.75) is 61.7 Å². The normalized spacial score (nSPS) is 22.4. The minimum atomic E-state index is -2.78. The van der Waals surface area contributed by atoms with Gasteiger partial charge >= 0.3 is 0 Å². The van der Waals surface area contributed by atoms with Crippen molar-refractivity contribution in [1.82, 2.24) is 9.55 Å². The van der Waals surface area contributed by atoms with Crippen LogP contribution >= 0.6 is 0 Å². The molecule has 2 aromatic carbocycles. The fraction of sp³-hybridized carbons (Fsp3) is 0.394. The number of aliphatic hydroxyl groups is 1. The second-order valence-corrected chi connectivity index (χ2v) is 20.8. The highest BCUT2D eigenvalue weighted by atomic mass is 32.2. The lowest BCUT2D eigenvalue weighted by molar-refractivity contribution is 0.00479. The number of pyridine rings is 1. The molecule has 4 aromatic rings. The molecule has 10 nitrogen and oxygen atoms in total. The largest absolute Gasteiger partial charge is 0.470 e. The number of halogens is 1. The summed E-state index contributed by atoms with van der Waals surface area (Å²) in [4.78, 5) is 5.18. The molecule has 6 rings (SSSR count). The van der Waals surface area contributed by atoms with E-state index in [9.17, 15) is 9.32 Å². The maximum Gasteiger partial charge on any atom is 0.214 e. The molecule has 0 amide bonds. The predicted molar refractivity (Wildman–Crippen MR) is 175 cm³/mol. The van der Waals surface area contributed by atoms with Crippen LogP contribution in [0.4, 0.5) is 4.39 Å². The van der Waals surface area contributed by atoms with Crippen LogP contribution in [0.1, 0.15) is 0 Å². The molecular weight excluding hydrogens is 628 g/mol. The lowest BCUT2D eigenvalue weighted by Crippen LogP contribution is -2.35. The molecular formula is C33H37FN4O6SSi. The van der Waals surface area contributed by atoms with E-state index in [0.29, 0.717) is 34.0 Å². The first kappa shape index (κ1) is 32.3. The van der Waals surface area contributed by atoms with Crippen molar-refractivity contribution in [3.63, 3.8) is 0 Å². The highest BCUT2D eigenvalue weighted by molar-refractivity contribution is 7.93. The van der Waals surface area contributed by atoms with Crippen LogP contribution in [0.15, 0.2) is 69.9 Å². The third-order valence-electron chi connectivity index (χ3n) is 8.27. The Morgan fingerprint density at radius 2 is 1.72 bits per heavy atom. The van der Waals surface area contributed by atoms with Crippen LogP contribution in [0.5, 0.6) is 5.88 Å². The first-order valence-corrected chi connectivity index (χ1v) is 20.7.